The maximum absolute atomic E-state index is 4.97. The molecule has 0 saturated carbocycles. The topological polar surface area (TPSA) is 12.4 Å². The van der Waals surface area contributed by atoms with Gasteiger partial charge in [-0.3, -0.25) is 4.99 Å². The summed E-state index contributed by atoms with van der Waals surface area (Å²) in [7, 11) is -1.45. The lowest BCUT2D eigenvalue weighted by Crippen LogP contribution is -2.42. The van der Waals surface area contributed by atoms with Gasteiger partial charge in [0.25, 0.3) is 0 Å². The van der Waals surface area contributed by atoms with Gasteiger partial charge in [-0.15, -0.1) is 6.58 Å². The average molecular weight is 251 g/mol. The number of hydrogen-bond donors (Lipinski definition) is 0. The predicted octanol–water partition coefficient (Wildman–Crippen LogP) is 4.92. The van der Waals surface area contributed by atoms with Crippen LogP contribution in [0.3, 0.4) is 0 Å². The second-order valence-electron chi connectivity index (χ2n) is 5.49. The molecule has 0 bridgehead atoms. The molecule has 1 aliphatic rings. The summed E-state index contributed by atoms with van der Waals surface area (Å²) >= 11 is 0. The Morgan fingerprint density at radius 2 is 1.82 bits per heavy atom. The molecule has 1 rings (SSSR count). The fraction of sp³-hybridized carbons (Fsp3) is 0.800. The van der Waals surface area contributed by atoms with Gasteiger partial charge in [-0.2, -0.15) is 0 Å². The van der Waals surface area contributed by atoms with Crippen LogP contribution in [0, 0.1) is 0 Å². The summed E-state index contributed by atoms with van der Waals surface area (Å²) in [5.74, 6) is 0. The van der Waals surface area contributed by atoms with Crippen molar-refractivity contribution >= 4 is 13.4 Å². The van der Waals surface area contributed by atoms with Crippen LogP contribution in [0.1, 0.15) is 58.8 Å². The first kappa shape index (κ1) is 14.7. The van der Waals surface area contributed by atoms with Crippen molar-refractivity contribution in [3.8, 4) is 0 Å². The minimum Gasteiger partial charge on any atom is -0.298 e. The van der Waals surface area contributed by atoms with E-state index in [4.69, 9.17) is 4.99 Å². The molecule has 0 aliphatic carbocycles. The highest BCUT2D eigenvalue weighted by molar-refractivity contribution is 7.10. The monoisotopic (exact) mass is 251 g/mol. The van der Waals surface area contributed by atoms with Crippen LogP contribution in [0.15, 0.2) is 16.8 Å². The Hall–Kier alpha value is -0.373. The Bertz CT molecular complexity index is 283. The molecule has 0 fully saturated rings. The van der Waals surface area contributed by atoms with Gasteiger partial charge in [0.15, 0.2) is 0 Å². The molecule has 1 nitrogen and oxygen atoms in total. The first-order valence-corrected chi connectivity index (χ1v) is 10.1. The molecule has 1 atom stereocenters. The first-order chi connectivity index (χ1) is 8.15. The third-order valence-electron chi connectivity index (χ3n) is 4.43. The van der Waals surface area contributed by atoms with E-state index < -0.39 is 8.07 Å². The van der Waals surface area contributed by atoms with E-state index in [1.165, 1.54) is 49.8 Å². The van der Waals surface area contributed by atoms with E-state index in [0.717, 1.165) is 13.0 Å². The van der Waals surface area contributed by atoms with E-state index in [-0.39, 0.29) is 0 Å². The third kappa shape index (κ3) is 3.80. The molecule has 0 amide bonds. The molecule has 1 heterocycles. The number of allylic oxidation sites excluding steroid dienone is 1. The summed E-state index contributed by atoms with van der Waals surface area (Å²) < 4.78 is 0. The molecule has 2 heteroatoms. The molecule has 0 aromatic rings. The molecular weight excluding hydrogens is 222 g/mol. The Kier molecular flexibility index (Phi) is 6.18. The Morgan fingerprint density at radius 3 is 2.47 bits per heavy atom. The molecular formula is C15H29NSi. The summed E-state index contributed by atoms with van der Waals surface area (Å²) in [4.78, 5) is 4.97. The highest BCUT2D eigenvalue weighted by Crippen LogP contribution is 2.26. The van der Waals surface area contributed by atoms with Crippen molar-refractivity contribution in [2.45, 2.75) is 71.4 Å². The lowest BCUT2D eigenvalue weighted by atomic mass is 10.1. The third-order valence-corrected chi connectivity index (χ3v) is 9.44. The van der Waals surface area contributed by atoms with Crippen LogP contribution in [0.2, 0.25) is 12.6 Å². The van der Waals surface area contributed by atoms with Gasteiger partial charge < -0.3 is 0 Å². The van der Waals surface area contributed by atoms with Crippen LogP contribution in [-0.4, -0.2) is 20.0 Å². The molecule has 1 unspecified atom stereocenters. The van der Waals surface area contributed by atoms with Crippen molar-refractivity contribution in [1.82, 2.24) is 0 Å². The van der Waals surface area contributed by atoms with E-state index in [0.29, 0.717) is 0 Å². The van der Waals surface area contributed by atoms with E-state index in [2.05, 4.69) is 27.0 Å². The van der Waals surface area contributed by atoms with Crippen molar-refractivity contribution in [3.05, 3.63) is 11.8 Å². The molecule has 17 heavy (non-hydrogen) atoms. The van der Waals surface area contributed by atoms with Crippen molar-refractivity contribution in [3.63, 3.8) is 0 Å². The number of rotatable bonds is 4. The minimum atomic E-state index is -1.45. The summed E-state index contributed by atoms with van der Waals surface area (Å²) in [5.41, 5.74) is 0. The van der Waals surface area contributed by atoms with Crippen LogP contribution in [0.5, 0.6) is 0 Å². The average Bonchev–Trinajstić information content (AvgIpc) is 2.50. The predicted molar refractivity (Wildman–Crippen MR) is 81.5 cm³/mol. The smallest absolute Gasteiger partial charge is 0.127 e. The maximum atomic E-state index is 4.97. The van der Waals surface area contributed by atoms with Crippen molar-refractivity contribution in [2.24, 2.45) is 4.99 Å². The van der Waals surface area contributed by atoms with Gasteiger partial charge in [0.2, 0.25) is 0 Å². The molecule has 0 saturated heterocycles. The van der Waals surface area contributed by atoms with E-state index >= 15 is 0 Å². The summed E-state index contributed by atoms with van der Waals surface area (Å²) in [5, 5.41) is 3.06. The van der Waals surface area contributed by atoms with Crippen LogP contribution in [0.4, 0.5) is 0 Å². The highest BCUT2D eigenvalue weighted by Gasteiger charge is 2.33. The van der Waals surface area contributed by atoms with Crippen LogP contribution >= 0.6 is 0 Å². The SMILES string of the molecule is C=C(CC)[Si](C)(CC)C1=NCCCCCCC1. The molecule has 98 valence electrons. The zero-order valence-electron chi connectivity index (χ0n) is 12.0. The normalized spacial score (nSPS) is 21.7. The molecule has 0 N–H and O–H groups in total. The Morgan fingerprint density at radius 1 is 1.18 bits per heavy atom. The maximum Gasteiger partial charge on any atom is 0.127 e. The van der Waals surface area contributed by atoms with Gasteiger partial charge in [0, 0.05) is 11.9 Å². The minimum absolute atomic E-state index is 1.06. The van der Waals surface area contributed by atoms with Gasteiger partial charge >= 0.3 is 0 Å². The molecule has 1 aliphatic heterocycles. The fourth-order valence-electron chi connectivity index (χ4n) is 2.73. The van der Waals surface area contributed by atoms with Crippen LogP contribution in [0.25, 0.3) is 0 Å². The zero-order valence-corrected chi connectivity index (χ0v) is 13.0. The summed E-state index contributed by atoms with van der Waals surface area (Å²) in [6.07, 6.45) is 9.18. The van der Waals surface area contributed by atoms with Crippen LogP contribution < -0.4 is 0 Å². The molecule has 0 aromatic heterocycles. The summed E-state index contributed by atoms with van der Waals surface area (Å²) in [6.45, 7) is 12.5. The number of hydrogen-bond acceptors (Lipinski definition) is 1. The fourth-order valence-corrected chi connectivity index (χ4v) is 6.01. The van der Waals surface area contributed by atoms with Crippen LogP contribution in [-0.2, 0) is 0 Å². The number of nitrogens with zero attached hydrogens (tertiary/aromatic N) is 1. The van der Waals surface area contributed by atoms with Gasteiger partial charge in [0.1, 0.15) is 8.07 Å². The zero-order chi connectivity index (χ0) is 12.7. The summed E-state index contributed by atoms with van der Waals surface area (Å²) in [6, 6.07) is 1.28. The highest BCUT2D eigenvalue weighted by atomic mass is 28.3. The Balaban J connectivity index is 2.86. The molecule has 0 aromatic carbocycles. The largest absolute Gasteiger partial charge is 0.298 e. The molecule has 0 radical (unpaired) electrons. The van der Waals surface area contributed by atoms with Gasteiger partial charge in [0.05, 0.1) is 0 Å². The van der Waals surface area contributed by atoms with E-state index in [1.807, 2.05) is 0 Å². The standard InChI is InChI=1S/C15H29NSi/c1-5-14(3)17(4,6-2)15-12-10-8-7-9-11-13-16-15/h3,5-13H2,1-2,4H3. The number of aliphatic imine (C=N–C) groups is 1. The van der Waals surface area contributed by atoms with Gasteiger partial charge in [-0.05, 0) is 25.7 Å². The second-order valence-corrected chi connectivity index (χ2v) is 10.1. The van der Waals surface area contributed by atoms with Crippen molar-refractivity contribution < 1.29 is 0 Å². The first-order valence-electron chi connectivity index (χ1n) is 7.37. The molecule has 0 spiro atoms. The quantitative estimate of drug-likeness (QED) is 0.629. The Labute approximate surface area is 108 Å². The van der Waals surface area contributed by atoms with Crippen molar-refractivity contribution in [1.29, 1.82) is 0 Å². The lowest BCUT2D eigenvalue weighted by molar-refractivity contribution is 0.639. The van der Waals surface area contributed by atoms with E-state index in [1.54, 1.807) is 5.33 Å². The van der Waals surface area contributed by atoms with Gasteiger partial charge in [-0.1, -0.05) is 50.9 Å². The van der Waals surface area contributed by atoms with Gasteiger partial charge in [-0.25, -0.2) is 0 Å². The van der Waals surface area contributed by atoms with Crippen molar-refractivity contribution in [2.75, 3.05) is 6.54 Å². The lowest BCUT2D eigenvalue weighted by Gasteiger charge is -2.30. The second kappa shape index (κ2) is 7.15. The van der Waals surface area contributed by atoms with E-state index in [9.17, 15) is 0 Å².